The Morgan fingerprint density at radius 3 is 2.64 bits per heavy atom. The molecular formula is C9H13N3O2. The fourth-order valence-corrected chi connectivity index (χ4v) is 0.694. The molecule has 0 unspecified atom stereocenters. The number of carbonyl (C=O) groups is 1. The Morgan fingerprint density at radius 2 is 2.14 bits per heavy atom. The fraction of sp³-hybridized carbons (Fsp3) is 0.556. The summed E-state index contributed by atoms with van der Waals surface area (Å²) < 4.78 is 5.02. The van der Waals surface area contributed by atoms with Gasteiger partial charge in [-0.2, -0.15) is 5.10 Å². The van der Waals surface area contributed by atoms with Crippen molar-refractivity contribution in [2.75, 3.05) is 0 Å². The van der Waals surface area contributed by atoms with Crippen molar-refractivity contribution in [3.63, 3.8) is 0 Å². The summed E-state index contributed by atoms with van der Waals surface area (Å²) in [6, 6.07) is 0. The molecule has 1 aromatic heterocycles. The molecule has 1 heterocycles. The van der Waals surface area contributed by atoms with Crippen LogP contribution in [0.3, 0.4) is 0 Å². The molecule has 0 saturated heterocycles. The molecule has 0 radical (unpaired) electrons. The van der Waals surface area contributed by atoms with E-state index in [0.717, 1.165) is 0 Å². The first kappa shape index (κ1) is 10.6. The average Bonchev–Trinajstić information content (AvgIpc) is 2.14. The second-order valence-corrected chi connectivity index (χ2v) is 3.92. The Bertz CT molecular complexity index is 306. The Kier molecular flexibility index (Phi) is 3.11. The Balaban J connectivity index is 2.46. The monoisotopic (exact) mass is 195 g/mol. The standard InChI is InChI=1S/C9H13N3O2/c1-9(2,3)8(13)14-5-7-4-11-12-6-10-7/h4,6H,5H2,1-3H3. The quantitative estimate of drug-likeness (QED) is 0.657. The van der Waals surface area contributed by atoms with Crippen LogP contribution in [-0.4, -0.2) is 21.2 Å². The first-order chi connectivity index (χ1) is 6.50. The molecule has 5 heteroatoms. The molecule has 0 atom stereocenters. The first-order valence-electron chi connectivity index (χ1n) is 4.29. The van der Waals surface area contributed by atoms with Crippen LogP contribution >= 0.6 is 0 Å². The predicted molar refractivity (Wildman–Crippen MR) is 49.1 cm³/mol. The van der Waals surface area contributed by atoms with E-state index in [9.17, 15) is 4.79 Å². The highest BCUT2D eigenvalue weighted by Crippen LogP contribution is 2.15. The van der Waals surface area contributed by atoms with Gasteiger partial charge in [-0.05, 0) is 20.8 Å². The SMILES string of the molecule is CC(C)(C)C(=O)OCc1cnncn1. The molecule has 0 aromatic carbocycles. The van der Waals surface area contributed by atoms with Gasteiger partial charge in [0.2, 0.25) is 0 Å². The molecule has 0 aliphatic heterocycles. The molecular weight excluding hydrogens is 182 g/mol. The van der Waals surface area contributed by atoms with E-state index in [1.165, 1.54) is 12.5 Å². The van der Waals surface area contributed by atoms with E-state index in [-0.39, 0.29) is 12.6 Å². The van der Waals surface area contributed by atoms with Crippen molar-refractivity contribution in [2.24, 2.45) is 5.41 Å². The van der Waals surface area contributed by atoms with E-state index >= 15 is 0 Å². The number of ether oxygens (including phenoxy) is 1. The lowest BCUT2D eigenvalue weighted by Crippen LogP contribution is -2.22. The number of rotatable bonds is 2. The van der Waals surface area contributed by atoms with E-state index in [4.69, 9.17) is 4.74 Å². The number of esters is 1. The zero-order valence-electron chi connectivity index (χ0n) is 8.52. The van der Waals surface area contributed by atoms with Crippen molar-refractivity contribution in [3.8, 4) is 0 Å². The summed E-state index contributed by atoms with van der Waals surface area (Å²) in [5, 5.41) is 7.14. The molecule has 0 aliphatic rings. The normalized spacial score (nSPS) is 11.1. The molecule has 0 spiro atoms. The second-order valence-electron chi connectivity index (χ2n) is 3.92. The van der Waals surface area contributed by atoms with Crippen LogP contribution in [0.15, 0.2) is 12.5 Å². The summed E-state index contributed by atoms with van der Waals surface area (Å²) >= 11 is 0. The van der Waals surface area contributed by atoms with Crippen LogP contribution in [0.25, 0.3) is 0 Å². The fourth-order valence-electron chi connectivity index (χ4n) is 0.694. The summed E-state index contributed by atoms with van der Waals surface area (Å²) in [6.07, 6.45) is 2.79. The van der Waals surface area contributed by atoms with Gasteiger partial charge in [-0.3, -0.25) is 4.79 Å². The van der Waals surface area contributed by atoms with Crippen molar-refractivity contribution in [1.82, 2.24) is 15.2 Å². The van der Waals surface area contributed by atoms with Gasteiger partial charge in [-0.15, -0.1) is 5.10 Å². The van der Waals surface area contributed by atoms with Gasteiger partial charge in [0.15, 0.2) is 0 Å². The predicted octanol–water partition coefficient (Wildman–Crippen LogP) is 0.961. The van der Waals surface area contributed by atoms with Gasteiger partial charge in [0, 0.05) is 0 Å². The van der Waals surface area contributed by atoms with Crippen LogP contribution in [0.5, 0.6) is 0 Å². The average molecular weight is 195 g/mol. The lowest BCUT2D eigenvalue weighted by molar-refractivity contribution is -0.154. The zero-order chi connectivity index (χ0) is 10.6. The molecule has 0 saturated carbocycles. The third kappa shape index (κ3) is 3.08. The maximum absolute atomic E-state index is 11.4. The Morgan fingerprint density at radius 1 is 1.43 bits per heavy atom. The van der Waals surface area contributed by atoms with Crippen molar-refractivity contribution in [3.05, 3.63) is 18.2 Å². The molecule has 0 amide bonds. The highest BCUT2D eigenvalue weighted by atomic mass is 16.5. The molecule has 1 rings (SSSR count). The third-order valence-electron chi connectivity index (χ3n) is 1.51. The van der Waals surface area contributed by atoms with Crippen molar-refractivity contribution >= 4 is 5.97 Å². The molecule has 0 N–H and O–H groups in total. The second kappa shape index (κ2) is 4.13. The largest absolute Gasteiger partial charge is 0.459 e. The molecule has 0 bridgehead atoms. The van der Waals surface area contributed by atoms with Gasteiger partial charge in [0.25, 0.3) is 0 Å². The minimum atomic E-state index is -0.486. The Labute approximate surface area is 82.5 Å². The van der Waals surface area contributed by atoms with Gasteiger partial charge >= 0.3 is 5.97 Å². The number of carbonyl (C=O) groups excluding carboxylic acids is 1. The van der Waals surface area contributed by atoms with E-state index in [1.807, 2.05) is 0 Å². The molecule has 1 aromatic rings. The summed E-state index contributed by atoms with van der Waals surface area (Å²) in [5.41, 5.74) is 0.109. The van der Waals surface area contributed by atoms with Gasteiger partial charge < -0.3 is 4.74 Å². The number of hydrogen-bond donors (Lipinski definition) is 0. The van der Waals surface area contributed by atoms with E-state index in [0.29, 0.717) is 5.69 Å². The van der Waals surface area contributed by atoms with Crippen molar-refractivity contribution in [2.45, 2.75) is 27.4 Å². The van der Waals surface area contributed by atoms with Crippen molar-refractivity contribution < 1.29 is 9.53 Å². The lowest BCUT2D eigenvalue weighted by atomic mass is 9.97. The Hall–Kier alpha value is -1.52. The van der Waals surface area contributed by atoms with E-state index in [2.05, 4.69) is 15.2 Å². The first-order valence-corrected chi connectivity index (χ1v) is 4.29. The van der Waals surface area contributed by atoms with Crippen LogP contribution in [0, 0.1) is 5.41 Å². The van der Waals surface area contributed by atoms with Gasteiger partial charge in [0.05, 0.1) is 17.3 Å². The molecule has 0 aliphatic carbocycles. The molecule has 5 nitrogen and oxygen atoms in total. The third-order valence-corrected chi connectivity index (χ3v) is 1.51. The zero-order valence-corrected chi connectivity index (χ0v) is 8.52. The maximum Gasteiger partial charge on any atom is 0.311 e. The van der Waals surface area contributed by atoms with Crippen LogP contribution in [0.1, 0.15) is 26.5 Å². The van der Waals surface area contributed by atoms with Crippen molar-refractivity contribution in [1.29, 1.82) is 0 Å². The lowest BCUT2D eigenvalue weighted by Gasteiger charge is -2.15. The van der Waals surface area contributed by atoms with Gasteiger partial charge in [-0.1, -0.05) is 0 Å². The molecule has 0 fully saturated rings. The number of aromatic nitrogens is 3. The van der Waals surface area contributed by atoms with Crippen LogP contribution in [0.4, 0.5) is 0 Å². The van der Waals surface area contributed by atoms with Gasteiger partial charge in [-0.25, -0.2) is 4.98 Å². The number of hydrogen-bond acceptors (Lipinski definition) is 5. The molecule has 76 valence electrons. The topological polar surface area (TPSA) is 65.0 Å². The minimum Gasteiger partial charge on any atom is -0.459 e. The summed E-state index contributed by atoms with van der Waals surface area (Å²) in [6.45, 7) is 5.54. The highest BCUT2D eigenvalue weighted by molar-refractivity contribution is 5.75. The van der Waals surface area contributed by atoms with E-state index < -0.39 is 5.41 Å². The summed E-state index contributed by atoms with van der Waals surface area (Å²) in [7, 11) is 0. The van der Waals surface area contributed by atoms with Crippen LogP contribution in [0.2, 0.25) is 0 Å². The van der Waals surface area contributed by atoms with Crippen LogP contribution < -0.4 is 0 Å². The van der Waals surface area contributed by atoms with Crippen LogP contribution in [-0.2, 0) is 16.1 Å². The smallest absolute Gasteiger partial charge is 0.311 e. The highest BCUT2D eigenvalue weighted by Gasteiger charge is 2.22. The summed E-state index contributed by atoms with van der Waals surface area (Å²) in [5.74, 6) is -0.254. The maximum atomic E-state index is 11.4. The van der Waals surface area contributed by atoms with Gasteiger partial charge in [0.1, 0.15) is 12.9 Å². The molecule has 14 heavy (non-hydrogen) atoms. The number of nitrogens with zero attached hydrogens (tertiary/aromatic N) is 3. The summed E-state index contributed by atoms with van der Waals surface area (Å²) in [4.78, 5) is 15.2. The minimum absolute atomic E-state index is 0.144. The van der Waals surface area contributed by atoms with E-state index in [1.54, 1.807) is 20.8 Å².